The number of aliphatic hydroxyl groups is 1. The van der Waals surface area contributed by atoms with E-state index in [2.05, 4.69) is 0 Å². The molecule has 1 aromatic carbocycles. The Morgan fingerprint density at radius 1 is 1.33 bits per heavy atom. The number of nitrogens with two attached hydrogens (primary N) is 1. The molecule has 1 rings (SSSR count). The molecular formula is C14H19F3N2O2. The second-order valence-electron chi connectivity index (χ2n) is 4.68. The number of carbonyl (C=O) groups excluding carboxylic acids is 1. The van der Waals surface area contributed by atoms with Crippen molar-refractivity contribution in [2.45, 2.75) is 32.5 Å². The summed E-state index contributed by atoms with van der Waals surface area (Å²) in [5, 5.41) is 9.26. The van der Waals surface area contributed by atoms with E-state index in [1.807, 2.05) is 0 Å². The van der Waals surface area contributed by atoms with Gasteiger partial charge in [-0.3, -0.25) is 4.79 Å². The van der Waals surface area contributed by atoms with Gasteiger partial charge in [-0.2, -0.15) is 13.2 Å². The first-order chi connectivity index (χ1) is 9.74. The molecule has 0 aliphatic rings. The van der Waals surface area contributed by atoms with Gasteiger partial charge in [-0.15, -0.1) is 0 Å². The van der Waals surface area contributed by atoms with Crippen LogP contribution in [0.5, 0.6) is 0 Å². The molecule has 0 fully saturated rings. The summed E-state index contributed by atoms with van der Waals surface area (Å²) in [5.41, 5.74) is 4.24. The highest BCUT2D eigenvalue weighted by Gasteiger charge is 2.32. The monoisotopic (exact) mass is 304 g/mol. The Labute approximate surface area is 121 Å². The molecule has 1 atom stereocenters. The summed E-state index contributed by atoms with van der Waals surface area (Å²) in [6.45, 7) is 3.53. The predicted octanol–water partition coefficient (Wildman–Crippen LogP) is 2.52. The average molecular weight is 304 g/mol. The lowest BCUT2D eigenvalue weighted by atomic mass is 10.1. The summed E-state index contributed by atoms with van der Waals surface area (Å²) < 4.78 is 38.3. The van der Waals surface area contributed by atoms with Crippen molar-refractivity contribution in [3.05, 3.63) is 29.3 Å². The number of likely N-dealkylation sites (N-methyl/N-ethyl adjacent to an activating group) is 1. The molecule has 0 aliphatic heterocycles. The molecule has 118 valence electrons. The van der Waals surface area contributed by atoms with Crippen LogP contribution in [0.3, 0.4) is 0 Å². The second kappa shape index (κ2) is 6.80. The van der Waals surface area contributed by atoms with Crippen LogP contribution >= 0.6 is 0 Å². The summed E-state index contributed by atoms with van der Waals surface area (Å²) in [6.07, 6.45) is -4.06. The number of aliphatic hydroxyl groups excluding tert-OH is 1. The number of alkyl halides is 3. The average Bonchev–Trinajstić information content (AvgIpc) is 2.42. The Kier molecular flexibility index (Phi) is 5.60. The molecule has 0 aliphatic carbocycles. The lowest BCUT2D eigenvalue weighted by Crippen LogP contribution is -2.42. The van der Waals surface area contributed by atoms with Gasteiger partial charge in [0.15, 0.2) is 0 Å². The topological polar surface area (TPSA) is 66.6 Å². The Balaban J connectivity index is 3.20. The minimum atomic E-state index is -4.57. The minimum Gasteiger partial charge on any atom is -0.399 e. The molecule has 0 spiro atoms. The molecule has 21 heavy (non-hydrogen) atoms. The van der Waals surface area contributed by atoms with E-state index in [1.165, 1.54) is 11.0 Å². The molecule has 3 N–H and O–H groups in total. The van der Waals surface area contributed by atoms with Crippen LogP contribution in [0.15, 0.2) is 18.2 Å². The van der Waals surface area contributed by atoms with Gasteiger partial charge >= 0.3 is 6.18 Å². The smallest absolute Gasteiger partial charge is 0.399 e. The van der Waals surface area contributed by atoms with E-state index in [9.17, 15) is 23.1 Å². The quantitative estimate of drug-likeness (QED) is 0.821. The number of carbonyl (C=O) groups is 1. The van der Waals surface area contributed by atoms with Gasteiger partial charge in [0.25, 0.3) is 5.91 Å². The van der Waals surface area contributed by atoms with Crippen LogP contribution in [0.2, 0.25) is 0 Å². The van der Waals surface area contributed by atoms with Crippen molar-refractivity contribution >= 4 is 11.6 Å². The molecule has 0 radical (unpaired) electrons. The molecule has 0 bridgehead atoms. The predicted molar refractivity (Wildman–Crippen MR) is 73.7 cm³/mol. The van der Waals surface area contributed by atoms with Gasteiger partial charge in [0.2, 0.25) is 0 Å². The van der Waals surface area contributed by atoms with E-state index < -0.39 is 23.7 Å². The van der Waals surface area contributed by atoms with Crippen LogP contribution in [-0.4, -0.2) is 35.1 Å². The summed E-state index contributed by atoms with van der Waals surface area (Å²) in [4.78, 5) is 13.7. The number of hydrogen-bond donors (Lipinski definition) is 2. The fourth-order valence-corrected chi connectivity index (χ4v) is 2.12. The van der Waals surface area contributed by atoms with Crippen molar-refractivity contribution in [2.75, 3.05) is 18.9 Å². The van der Waals surface area contributed by atoms with Gasteiger partial charge in [-0.25, -0.2) is 0 Å². The Hall–Kier alpha value is -1.76. The third kappa shape index (κ3) is 4.10. The third-order valence-corrected chi connectivity index (χ3v) is 3.25. The SMILES string of the molecule is CC[C@@H](CO)N(CC)C(=O)c1cc(N)cc(C(F)(F)F)c1. The number of nitrogen functional groups attached to an aromatic ring is 1. The van der Waals surface area contributed by atoms with Crippen molar-refractivity contribution in [3.8, 4) is 0 Å². The number of amides is 1. The van der Waals surface area contributed by atoms with Gasteiger partial charge in [0.1, 0.15) is 0 Å². The molecule has 0 heterocycles. The van der Waals surface area contributed by atoms with Crippen molar-refractivity contribution in [1.82, 2.24) is 4.90 Å². The first-order valence-corrected chi connectivity index (χ1v) is 6.64. The zero-order valence-electron chi connectivity index (χ0n) is 11.9. The van der Waals surface area contributed by atoms with Crippen LogP contribution in [0.25, 0.3) is 0 Å². The number of anilines is 1. The van der Waals surface area contributed by atoms with Crippen molar-refractivity contribution in [3.63, 3.8) is 0 Å². The maximum absolute atomic E-state index is 12.8. The van der Waals surface area contributed by atoms with E-state index in [1.54, 1.807) is 13.8 Å². The zero-order chi connectivity index (χ0) is 16.2. The van der Waals surface area contributed by atoms with Crippen molar-refractivity contribution in [1.29, 1.82) is 0 Å². The fraction of sp³-hybridized carbons (Fsp3) is 0.500. The van der Waals surface area contributed by atoms with Crippen molar-refractivity contribution < 1.29 is 23.1 Å². The summed E-state index contributed by atoms with van der Waals surface area (Å²) in [5.74, 6) is -0.573. The van der Waals surface area contributed by atoms with Gasteiger partial charge in [0.05, 0.1) is 18.2 Å². The van der Waals surface area contributed by atoms with E-state index in [0.717, 1.165) is 12.1 Å². The molecule has 7 heteroatoms. The molecule has 1 amide bonds. The van der Waals surface area contributed by atoms with Crippen LogP contribution in [-0.2, 0) is 6.18 Å². The first-order valence-electron chi connectivity index (χ1n) is 6.64. The number of nitrogens with zero attached hydrogens (tertiary/aromatic N) is 1. The van der Waals surface area contributed by atoms with Crippen molar-refractivity contribution in [2.24, 2.45) is 0 Å². The zero-order valence-corrected chi connectivity index (χ0v) is 11.9. The van der Waals surface area contributed by atoms with E-state index in [0.29, 0.717) is 6.42 Å². The largest absolute Gasteiger partial charge is 0.416 e. The van der Waals surface area contributed by atoms with E-state index in [-0.39, 0.29) is 24.4 Å². The van der Waals surface area contributed by atoms with Crippen LogP contribution in [0.4, 0.5) is 18.9 Å². The molecule has 0 saturated carbocycles. The minimum absolute atomic E-state index is 0.124. The molecule has 0 aromatic heterocycles. The Morgan fingerprint density at radius 2 is 1.95 bits per heavy atom. The van der Waals surface area contributed by atoms with E-state index in [4.69, 9.17) is 5.73 Å². The van der Waals surface area contributed by atoms with Gasteiger partial charge in [-0.05, 0) is 31.5 Å². The van der Waals surface area contributed by atoms with Crippen LogP contribution < -0.4 is 5.73 Å². The summed E-state index contributed by atoms with van der Waals surface area (Å²) in [7, 11) is 0. The number of halogens is 3. The number of benzene rings is 1. The fourth-order valence-electron chi connectivity index (χ4n) is 2.12. The molecule has 0 saturated heterocycles. The lowest BCUT2D eigenvalue weighted by molar-refractivity contribution is -0.137. The van der Waals surface area contributed by atoms with E-state index >= 15 is 0 Å². The molecule has 4 nitrogen and oxygen atoms in total. The standard InChI is InChI=1S/C14H19F3N2O2/c1-3-12(8-20)19(4-2)13(21)9-5-10(14(15,16)17)7-11(18)6-9/h5-7,12,20H,3-4,8,18H2,1-2H3/t12-/m0/s1. The van der Waals surface area contributed by atoms with Crippen LogP contribution in [0.1, 0.15) is 36.2 Å². The van der Waals surface area contributed by atoms with Gasteiger partial charge in [-0.1, -0.05) is 6.92 Å². The third-order valence-electron chi connectivity index (χ3n) is 3.25. The Morgan fingerprint density at radius 3 is 2.38 bits per heavy atom. The molecule has 0 unspecified atom stereocenters. The first kappa shape index (κ1) is 17.3. The Bertz CT molecular complexity index is 499. The number of hydrogen-bond acceptors (Lipinski definition) is 3. The lowest BCUT2D eigenvalue weighted by Gasteiger charge is -2.29. The van der Waals surface area contributed by atoms with Gasteiger partial charge < -0.3 is 15.7 Å². The molecule has 1 aromatic rings. The highest BCUT2D eigenvalue weighted by atomic mass is 19.4. The highest BCUT2D eigenvalue weighted by Crippen LogP contribution is 2.31. The summed E-state index contributed by atoms with van der Waals surface area (Å²) in [6, 6.07) is 2.35. The summed E-state index contributed by atoms with van der Waals surface area (Å²) >= 11 is 0. The maximum atomic E-state index is 12.8. The molecular weight excluding hydrogens is 285 g/mol. The maximum Gasteiger partial charge on any atom is 0.416 e. The highest BCUT2D eigenvalue weighted by molar-refractivity contribution is 5.95. The number of rotatable bonds is 5. The van der Waals surface area contributed by atoms with Gasteiger partial charge in [0, 0.05) is 17.8 Å². The normalized spacial score (nSPS) is 13.0. The van der Waals surface area contributed by atoms with Crippen LogP contribution in [0, 0.1) is 0 Å². The second-order valence-corrected chi connectivity index (χ2v) is 4.68.